The van der Waals surface area contributed by atoms with Crippen molar-refractivity contribution in [2.24, 2.45) is 5.73 Å². The van der Waals surface area contributed by atoms with Crippen molar-refractivity contribution < 1.29 is 4.79 Å². The van der Waals surface area contributed by atoms with Crippen LogP contribution < -0.4 is 10.6 Å². The average molecular weight is 339 g/mol. The van der Waals surface area contributed by atoms with Crippen LogP contribution in [0.4, 0.5) is 5.95 Å². The Hall–Kier alpha value is -1.85. The molecule has 1 aromatic carbocycles. The topological polar surface area (TPSA) is 72.1 Å². The molecule has 0 saturated heterocycles. The van der Waals surface area contributed by atoms with Crippen LogP contribution in [-0.2, 0) is 0 Å². The van der Waals surface area contributed by atoms with Crippen molar-refractivity contribution in [2.45, 2.75) is 13.8 Å². The molecule has 5 nitrogen and oxygen atoms in total. The molecule has 1 heterocycles. The Morgan fingerprint density at radius 1 is 1.23 bits per heavy atom. The summed E-state index contributed by atoms with van der Waals surface area (Å²) in [6, 6.07) is 6.77. The normalized spacial score (nSPS) is 10.5. The summed E-state index contributed by atoms with van der Waals surface area (Å²) < 4.78 is 0. The molecule has 116 valence electrons. The molecule has 2 aromatic rings. The summed E-state index contributed by atoms with van der Waals surface area (Å²) in [5.74, 6) is -0.178. The van der Waals surface area contributed by atoms with E-state index in [2.05, 4.69) is 9.97 Å². The van der Waals surface area contributed by atoms with Crippen LogP contribution in [0, 0.1) is 0 Å². The van der Waals surface area contributed by atoms with Gasteiger partial charge < -0.3 is 10.6 Å². The highest BCUT2D eigenvalue weighted by Gasteiger charge is 2.16. The van der Waals surface area contributed by atoms with E-state index in [0.29, 0.717) is 40.3 Å². The maximum absolute atomic E-state index is 11.5. The number of hydrogen-bond acceptors (Lipinski definition) is 4. The number of amides is 1. The first kappa shape index (κ1) is 16.5. The molecule has 22 heavy (non-hydrogen) atoms. The van der Waals surface area contributed by atoms with Crippen LogP contribution in [0.25, 0.3) is 11.3 Å². The third kappa shape index (κ3) is 3.31. The second-order valence-electron chi connectivity index (χ2n) is 4.58. The molecule has 0 spiro atoms. The van der Waals surface area contributed by atoms with E-state index in [1.807, 2.05) is 18.7 Å². The number of carbonyl (C=O) groups is 1. The number of benzene rings is 1. The fourth-order valence-corrected chi connectivity index (χ4v) is 2.45. The van der Waals surface area contributed by atoms with Gasteiger partial charge in [-0.15, -0.1) is 0 Å². The van der Waals surface area contributed by atoms with E-state index in [1.54, 1.807) is 18.2 Å². The Kier molecular flexibility index (Phi) is 5.21. The van der Waals surface area contributed by atoms with Gasteiger partial charge in [0.25, 0.3) is 5.91 Å². The van der Waals surface area contributed by atoms with Crippen LogP contribution in [0.2, 0.25) is 10.0 Å². The SMILES string of the molecule is CCN(CC)c1nc(C(N)=O)cc(-c2cccc(Cl)c2Cl)n1. The van der Waals surface area contributed by atoms with E-state index in [9.17, 15) is 4.79 Å². The molecule has 0 aliphatic heterocycles. The summed E-state index contributed by atoms with van der Waals surface area (Å²) in [5, 5.41) is 0.798. The first-order valence-electron chi connectivity index (χ1n) is 6.86. The number of carbonyl (C=O) groups excluding carboxylic acids is 1. The van der Waals surface area contributed by atoms with E-state index in [-0.39, 0.29) is 5.69 Å². The zero-order valence-corrected chi connectivity index (χ0v) is 13.8. The smallest absolute Gasteiger partial charge is 0.267 e. The average Bonchev–Trinajstić information content (AvgIpc) is 2.51. The minimum absolute atomic E-state index is 0.142. The summed E-state index contributed by atoms with van der Waals surface area (Å²) in [5.41, 5.74) is 6.66. The molecular weight excluding hydrogens is 323 g/mol. The van der Waals surface area contributed by atoms with Gasteiger partial charge in [0.1, 0.15) is 5.69 Å². The number of nitrogens with two attached hydrogens (primary N) is 1. The predicted molar refractivity (Wildman–Crippen MR) is 89.6 cm³/mol. The zero-order valence-electron chi connectivity index (χ0n) is 12.3. The van der Waals surface area contributed by atoms with E-state index < -0.39 is 5.91 Å². The van der Waals surface area contributed by atoms with Crippen LogP contribution >= 0.6 is 23.2 Å². The van der Waals surface area contributed by atoms with Crippen molar-refractivity contribution in [3.05, 3.63) is 40.0 Å². The molecule has 0 aliphatic carbocycles. The van der Waals surface area contributed by atoms with E-state index in [1.165, 1.54) is 6.07 Å². The van der Waals surface area contributed by atoms with Crippen molar-refractivity contribution in [3.63, 3.8) is 0 Å². The lowest BCUT2D eigenvalue weighted by molar-refractivity contribution is 0.0995. The molecule has 0 fully saturated rings. The third-order valence-corrected chi connectivity index (χ3v) is 4.06. The zero-order chi connectivity index (χ0) is 16.3. The molecular formula is C15H16Cl2N4O. The first-order chi connectivity index (χ1) is 10.5. The van der Waals surface area contributed by atoms with Gasteiger partial charge in [0.2, 0.25) is 5.95 Å². The fourth-order valence-electron chi connectivity index (χ4n) is 2.05. The highest BCUT2D eigenvalue weighted by atomic mass is 35.5. The van der Waals surface area contributed by atoms with Crippen LogP contribution in [0.1, 0.15) is 24.3 Å². The lowest BCUT2D eigenvalue weighted by Gasteiger charge is -2.19. The monoisotopic (exact) mass is 338 g/mol. The second-order valence-corrected chi connectivity index (χ2v) is 5.36. The molecule has 2 rings (SSSR count). The summed E-state index contributed by atoms with van der Waals surface area (Å²) >= 11 is 12.3. The number of nitrogens with zero attached hydrogens (tertiary/aromatic N) is 3. The molecule has 0 unspecified atom stereocenters. The quantitative estimate of drug-likeness (QED) is 0.906. The molecule has 1 aromatic heterocycles. The van der Waals surface area contributed by atoms with Gasteiger partial charge in [0.15, 0.2) is 0 Å². The number of primary amides is 1. The van der Waals surface area contributed by atoms with Crippen molar-refractivity contribution in [3.8, 4) is 11.3 Å². The van der Waals surface area contributed by atoms with Crippen LogP contribution in [0.15, 0.2) is 24.3 Å². The van der Waals surface area contributed by atoms with Gasteiger partial charge in [-0.2, -0.15) is 0 Å². The van der Waals surface area contributed by atoms with Gasteiger partial charge >= 0.3 is 0 Å². The summed E-state index contributed by atoms with van der Waals surface area (Å²) in [4.78, 5) is 22.2. The Labute approximate surface area is 139 Å². The van der Waals surface area contributed by atoms with Crippen molar-refractivity contribution in [1.29, 1.82) is 0 Å². The number of rotatable bonds is 5. The lowest BCUT2D eigenvalue weighted by Crippen LogP contribution is -2.26. The highest BCUT2D eigenvalue weighted by molar-refractivity contribution is 6.43. The van der Waals surface area contributed by atoms with E-state index in [0.717, 1.165) is 0 Å². The fraction of sp³-hybridized carbons (Fsp3) is 0.267. The van der Waals surface area contributed by atoms with Crippen LogP contribution in [0.3, 0.4) is 0 Å². The summed E-state index contributed by atoms with van der Waals surface area (Å²) in [6.07, 6.45) is 0. The van der Waals surface area contributed by atoms with Crippen molar-refractivity contribution >= 4 is 35.1 Å². The number of halogens is 2. The highest BCUT2D eigenvalue weighted by Crippen LogP contribution is 2.33. The van der Waals surface area contributed by atoms with Crippen molar-refractivity contribution in [1.82, 2.24) is 9.97 Å². The van der Waals surface area contributed by atoms with Gasteiger partial charge in [-0.05, 0) is 26.0 Å². The molecule has 2 N–H and O–H groups in total. The Morgan fingerprint density at radius 3 is 2.50 bits per heavy atom. The molecule has 0 radical (unpaired) electrons. The Bertz CT molecular complexity index is 702. The molecule has 0 aliphatic rings. The maximum atomic E-state index is 11.5. The molecule has 0 saturated carbocycles. The predicted octanol–water partition coefficient (Wildman–Crippen LogP) is 3.40. The van der Waals surface area contributed by atoms with Gasteiger partial charge in [-0.1, -0.05) is 35.3 Å². The number of anilines is 1. The minimum Gasteiger partial charge on any atom is -0.364 e. The third-order valence-electron chi connectivity index (χ3n) is 3.24. The number of hydrogen-bond donors (Lipinski definition) is 1. The van der Waals surface area contributed by atoms with Crippen LogP contribution in [0.5, 0.6) is 0 Å². The van der Waals surface area contributed by atoms with Crippen molar-refractivity contribution in [2.75, 3.05) is 18.0 Å². The molecule has 0 atom stereocenters. The maximum Gasteiger partial charge on any atom is 0.267 e. The largest absolute Gasteiger partial charge is 0.364 e. The first-order valence-corrected chi connectivity index (χ1v) is 7.61. The lowest BCUT2D eigenvalue weighted by atomic mass is 10.1. The van der Waals surface area contributed by atoms with Gasteiger partial charge in [0, 0.05) is 18.7 Å². The Morgan fingerprint density at radius 2 is 1.91 bits per heavy atom. The standard InChI is InChI=1S/C15H16Cl2N4O/c1-3-21(4-2)15-19-11(8-12(20-15)14(18)22)9-6-5-7-10(16)13(9)17/h5-8H,3-4H2,1-2H3,(H2,18,22). The molecule has 1 amide bonds. The minimum atomic E-state index is -0.616. The molecule has 7 heteroatoms. The van der Waals surface area contributed by atoms with E-state index >= 15 is 0 Å². The second kappa shape index (κ2) is 6.94. The van der Waals surface area contributed by atoms with Gasteiger partial charge in [-0.25, -0.2) is 9.97 Å². The van der Waals surface area contributed by atoms with E-state index in [4.69, 9.17) is 28.9 Å². The Balaban J connectivity index is 2.65. The van der Waals surface area contributed by atoms with Gasteiger partial charge in [0.05, 0.1) is 15.7 Å². The molecule has 0 bridgehead atoms. The summed E-state index contributed by atoms with van der Waals surface area (Å²) in [7, 11) is 0. The number of aromatic nitrogens is 2. The van der Waals surface area contributed by atoms with Gasteiger partial charge in [-0.3, -0.25) is 4.79 Å². The summed E-state index contributed by atoms with van der Waals surface area (Å²) in [6.45, 7) is 5.38. The van der Waals surface area contributed by atoms with Crippen LogP contribution in [-0.4, -0.2) is 29.0 Å².